The first-order valence-corrected chi connectivity index (χ1v) is 6.97. The first-order valence-electron chi connectivity index (χ1n) is 4.36. The molecule has 0 aromatic heterocycles. The Kier molecular flexibility index (Phi) is 3.49. The molecule has 0 bridgehead atoms. The van der Waals surface area contributed by atoms with E-state index in [4.69, 9.17) is 11.2 Å². The Balaban J connectivity index is 5.00. The Hall–Kier alpha value is 0.520. The van der Waals surface area contributed by atoms with Crippen molar-refractivity contribution in [2.75, 3.05) is 0 Å². The second-order valence-corrected chi connectivity index (χ2v) is 9.91. The van der Waals surface area contributed by atoms with E-state index in [1.807, 2.05) is 41.5 Å². The molecule has 0 aliphatic rings. The van der Waals surface area contributed by atoms with Crippen LogP contribution >= 0.6 is 17.7 Å². The Bertz CT molecular complexity index is 203. The maximum Gasteiger partial charge on any atom is 0.179 e. The molecule has 0 spiro atoms. The third kappa shape index (κ3) is 2.06. The molecule has 0 radical (unpaired) electrons. The van der Waals surface area contributed by atoms with E-state index in [0.29, 0.717) is 0 Å². The smallest absolute Gasteiger partial charge is 0.179 e. The van der Waals surface area contributed by atoms with Crippen LogP contribution in [0.3, 0.4) is 0 Å². The van der Waals surface area contributed by atoms with E-state index >= 15 is 0 Å². The Labute approximate surface area is 81.0 Å². The molecule has 1 unspecified atom stereocenters. The minimum atomic E-state index is -2.61. The molecule has 1 nitrogen and oxygen atoms in total. The van der Waals surface area contributed by atoms with E-state index < -0.39 is 6.49 Å². The predicted octanol–water partition coefficient (Wildman–Crippen LogP) is 4.49. The lowest BCUT2D eigenvalue weighted by molar-refractivity contribution is 0.516. The van der Waals surface area contributed by atoms with Crippen molar-refractivity contribution < 1.29 is 4.57 Å². The average Bonchev–Trinajstić information content (AvgIpc) is 1.85. The quantitative estimate of drug-likeness (QED) is 0.614. The van der Waals surface area contributed by atoms with Gasteiger partial charge in [-0.3, -0.25) is 0 Å². The summed E-state index contributed by atoms with van der Waals surface area (Å²) in [5.41, 5.74) is 0. The van der Waals surface area contributed by atoms with Crippen LogP contribution < -0.4 is 0 Å². The summed E-state index contributed by atoms with van der Waals surface area (Å²) in [6, 6.07) is 0. The van der Waals surface area contributed by atoms with Gasteiger partial charge in [0.2, 0.25) is 0 Å². The van der Waals surface area contributed by atoms with Crippen molar-refractivity contribution in [1.29, 1.82) is 0 Å². The Morgan fingerprint density at radius 2 is 1.50 bits per heavy atom. The minimum Gasteiger partial charge on any atom is -0.306 e. The molecule has 0 fully saturated rings. The molecule has 0 aliphatic carbocycles. The van der Waals surface area contributed by atoms with Gasteiger partial charge in [-0.15, -0.1) is 0 Å². The monoisotopic (exact) mass is 210 g/mol. The van der Waals surface area contributed by atoms with E-state index in [-0.39, 0.29) is 10.3 Å². The molecular formula is C9H20ClOP. The molecule has 0 saturated carbocycles. The van der Waals surface area contributed by atoms with Gasteiger partial charge in [0.15, 0.2) is 6.49 Å². The molecule has 0 amide bonds. The van der Waals surface area contributed by atoms with E-state index in [1.165, 1.54) is 0 Å². The Morgan fingerprint density at radius 3 is 1.58 bits per heavy atom. The van der Waals surface area contributed by atoms with Gasteiger partial charge >= 0.3 is 0 Å². The van der Waals surface area contributed by atoms with Crippen molar-refractivity contribution in [1.82, 2.24) is 0 Å². The van der Waals surface area contributed by atoms with E-state index in [0.717, 1.165) is 6.42 Å². The van der Waals surface area contributed by atoms with Crippen molar-refractivity contribution >= 4 is 17.7 Å². The van der Waals surface area contributed by atoms with Crippen molar-refractivity contribution in [2.45, 2.75) is 58.3 Å². The molecule has 0 aromatic carbocycles. The van der Waals surface area contributed by atoms with Crippen LogP contribution in [-0.2, 0) is 4.57 Å². The summed E-state index contributed by atoms with van der Waals surface area (Å²) in [5.74, 6) is 0. The number of hydrogen-bond acceptors (Lipinski definition) is 1. The molecule has 3 heteroatoms. The fraction of sp³-hybridized carbons (Fsp3) is 1.00. The highest BCUT2D eigenvalue weighted by Crippen LogP contribution is 2.71. The largest absolute Gasteiger partial charge is 0.306 e. The van der Waals surface area contributed by atoms with E-state index in [2.05, 4.69) is 0 Å². The summed E-state index contributed by atoms with van der Waals surface area (Å²) in [7, 11) is 0. The summed E-state index contributed by atoms with van der Waals surface area (Å²) in [4.78, 5) is 0. The zero-order chi connectivity index (χ0) is 10.2. The minimum absolute atomic E-state index is 0.257. The molecule has 0 rings (SSSR count). The van der Waals surface area contributed by atoms with Gasteiger partial charge in [0, 0.05) is 10.3 Å². The van der Waals surface area contributed by atoms with Gasteiger partial charge in [-0.1, -0.05) is 52.8 Å². The van der Waals surface area contributed by atoms with Crippen LogP contribution in [-0.4, -0.2) is 10.3 Å². The summed E-state index contributed by atoms with van der Waals surface area (Å²) in [6.07, 6.45) is 0.852. The second kappa shape index (κ2) is 3.35. The lowest BCUT2D eigenvalue weighted by Crippen LogP contribution is -2.27. The maximum atomic E-state index is 12.3. The van der Waals surface area contributed by atoms with Crippen LogP contribution in [0.25, 0.3) is 0 Å². The van der Waals surface area contributed by atoms with Crippen LogP contribution in [0.2, 0.25) is 0 Å². The van der Waals surface area contributed by atoms with Crippen molar-refractivity contribution in [3.8, 4) is 0 Å². The second-order valence-electron chi connectivity index (χ2n) is 4.87. The first kappa shape index (κ1) is 12.5. The first-order chi connectivity index (χ1) is 5.06. The standard InChI is InChI=1S/C9H20ClOP/c1-7-9(5,6)12(10,11)8(2,3)4/h7H2,1-6H3. The van der Waals surface area contributed by atoms with Gasteiger partial charge in [0.05, 0.1) is 0 Å². The van der Waals surface area contributed by atoms with Gasteiger partial charge in [-0.05, 0) is 6.42 Å². The SMILES string of the molecule is CCC(C)(C)P(=O)(Cl)C(C)(C)C. The molecule has 0 N–H and O–H groups in total. The molecule has 0 heterocycles. The lowest BCUT2D eigenvalue weighted by atomic mass is 10.1. The highest BCUT2D eigenvalue weighted by molar-refractivity contribution is 7.91. The van der Waals surface area contributed by atoms with Crippen LogP contribution in [0, 0.1) is 0 Å². The van der Waals surface area contributed by atoms with Crippen LogP contribution in [0.1, 0.15) is 48.0 Å². The summed E-state index contributed by atoms with van der Waals surface area (Å²) < 4.78 is 12.3. The fourth-order valence-electron chi connectivity index (χ4n) is 1.11. The summed E-state index contributed by atoms with van der Waals surface area (Å²) in [5, 5.41) is -0.555. The average molecular weight is 211 g/mol. The van der Waals surface area contributed by atoms with E-state index in [9.17, 15) is 4.57 Å². The highest BCUT2D eigenvalue weighted by atomic mass is 35.7. The summed E-state index contributed by atoms with van der Waals surface area (Å²) in [6.45, 7) is 9.21. The zero-order valence-corrected chi connectivity index (χ0v) is 10.6. The molecular weight excluding hydrogens is 191 g/mol. The third-order valence-corrected chi connectivity index (χ3v) is 9.00. The van der Waals surface area contributed by atoms with Gasteiger partial charge < -0.3 is 4.57 Å². The number of halogens is 1. The highest BCUT2D eigenvalue weighted by Gasteiger charge is 2.46. The molecule has 1 atom stereocenters. The lowest BCUT2D eigenvalue weighted by Gasteiger charge is -2.37. The van der Waals surface area contributed by atoms with Gasteiger partial charge in [-0.25, -0.2) is 0 Å². The van der Waals surface area contributed by atoms with Crippen molar-refractivity contribution in [3.05, 3.63) is 0 Å². The van der Waals surface area contributed by atoms with Crippen LogP contribution in [0.5, 0.6) is 0 Å². The normalized spacial score (nSPS) is 18.9. The topological polar surface area (TPSA) is 17.1 Å². The molecule has 12 heavy (non-hydrogen) atoms. The van der Waals surface area contributed by atoms with E-state index in [1.54, 1.807) is 0 Å². The fourth-order valence-corrected chi connectivity index (χ4v) is 3.69. The number of hydrogen-bond donors (Lipinski definition) is 0. The van der Waals surface area contributed by atoms with Gasteiger partial charge in [0.25, 0.3) is 0 Å². The van der Waals surface area contributed by atoms with Crippen LogP contribution in [0.15, 0.2) is 0 Å². The zero-order valence-electron chi connectivity index (χ0n) is 8.94. The Morgan fingerprint density at radius 1 is 1.17 bits per heavy atom. The molecule has 74 valence electrons. The van der Waals surface area contributed by atoms with Crippen LogP contribution in [0.4, 0.5) is 0 Å². The molecule has 0 aliphatic heterocycles. The molecule has 0 aromatic rings. The summed E-state index contributed by atoms with van der Waals surface area (Å²) >= 11 is 6.16. The number of rotatable bonds is 2. The molecule has 0 saturated heterocycles. The third-order valence-electron chi connectivity index (χ3n) is 2.51. The maximum absolute atomic E-state index is 12.3. The predicted molar refractivity (Wildman–Crippen MR) is 57.6 cm³/mol. The van der Waals surface area contributed by atoms with Crippen molar-refractivity contribution in [3.63, 3.8) is 0 Å². The van der Waals surface area contributed by atoms with Gasteiger partial charge in [-0.2, -0.15) is 0 Å². The van der Waals surface area contributed by atoms with Gasteiger partial charge in [0.1, 0.15) is 0 Å². The van der Waals surface area contributed by atoms with Crippen molar-refractivity contribution in [2.24, 2.45) is 0 Å².